The molecular weight excluding hydrogens is 352 g/mol. The zero-order chi connectivity index (χ0) is 19.1. The standard InChI is InChI=1S/C21H26N6O/c1-25-8-4-5-15(13-25)21-24-23-19-14-26(9-10-27(19)21)20(28)11-16-12-22-18-7-3-2-6-17(16)18/h2-3,6-7,12,15,22H,4-5,8-11,13-14H2,1H3/t15-/m0/s1. The second kappa shape index (κ2) is 7.05. The van der Waals surface area contributed by atoms with E-state index in [0.29, 0.717) is 18.9 Å². The molecule has 2 aliphatic rings. The molecule has 7 heteroatoms. The van der Waals surface area contributed by atoms with E-state index in [-0.39, 0.29) is 5.91 Å². The van der Waals surface area contributed by atoms with Crippen molar-refractivity contribution in [3.63, 3.8) is 0 Å². The van der Waals surface area contributed by atoms with Gasteiger partial charge in [0.2, 0.25) is 5.91 Å². The maximum Gasteiger partial charge on any atom is 0.227 e. The minimum atomic E-state index is 0.151. The number of carbonyl (C=O) groups excluding carboxylic acids is 1. The Balaban J connectivity index is 1.30. The molecule has 1 aromatic carbocycles. The van der Waals surface area contributed by atoms with E-state index in [9.17, 15) is 4.79 Å². The van der Waals surface area contributed by atoms with Crippen molar-refractivity contribution in [2.24, 2.45) is 0 Å². The molecule has 0 saturated carbocycles. The molecule has 0 aliphatic carbocycles. The van der Waals surface area contributed by atoms with Gasteiger partial charge in [0.1, 0.15) is 5.82 Å². The summed E-state index contributed by atoms with van der Waals surface area (Å²) in [7, 11) is 2.17. The minimum Gasteiger partial charge on any atom is -0.361 e. The summed E-state index contributed by atoms with van der Waals surface area (Å²) >= 11 is 0. The van der Waals surface area contributed by atoms with Crippen LogP contribution in [0.5, 0.6) is 0 Å². The lowest BCUT2D eigenvalue weighted by molar-refractivity contribution is -0.132. The van der Waals surface area contributed by atoms with Crippen molar-refractivity contribution in [1.29, 1.82) is 0 Å². The lowest BCUT2D eigenvalue weighted by Gasteiger charge is -2.32. The summed E-state index contributed by atoms with van der Waals surface area (Å²) in [5.74, 6) is 2.62. The third-order valence-electron chi connectivity index (χ3n) is 6.14. The largest absolute Gasteiger partial charge is 0.361 e. The molecule has 1 N–H and O–H groups in total. The lowest BCUT2D eigenvalue weighted by Crippen LogP contribution is -2.40. The van der Waals surface area contributed by atoms with E-state index in [0.717, 1.165) is 54.3 Å². The molecular formula is C21H26N6O. The van der Waals surface area contributed by atoms with Crippen LogP contribution in [-0.4, -0.2) is 62.1 Å². The van der Waals surface area contributed by atoms with Crippen LogP contribution in [-0.2, 0) is 24.3 Å². The highest BCUT2D eigenvalue weighted by molar-refractivity contribution is 5.88. The van der Waals surface area contributed by atoms with Gasteiger partial charge < -0.3 is 19.4 Å². The number of para-hydroxylation sites is 1. The van der Waals surface area contributed by atoms with E-state index in [1.165, 1.54) is 12.8 Å². The molecule has 4 heterocycles. The van der Waals surface area contributed by atoms with Gasteiger partial charge in [-0.25, -0.2) is 0 Å². The molecule has 2 aliphatic heterocycles. The fraction of sp³-hybridized carbons (Fsp3) is 0.476. The Hall–Kier alpha value is -2.67. The monoisotopic (exact) mass is 378 g/mol. The first-order chi connectivity index (χ1) is 13.7. The number of piperidine rings is 1. The highest BCUT2D eigenvalue weighted by Crippen LogP contribution is 2.27. The van der Waals surface area contributed by atoms with Crippen molar-refractivity contribution >= 4 is 16.8 Å². The maximum absolute atomic E-state index is 12.9. The minimum absolute atomic E-state index is 0.151. The van der Waals surface area contributed by atoms with Gasteiger partial charge in [-0.05, 0) is 38.1 Å². The number of fused-ring (bicyclic) bond motifs is 2. The normalized spacial score (nSPS) is 20.5. The number of rotatable bonds is 3. The van der Waals surface area contributed by atoms with Crippen molar-refractivity contribution in [1.82, 2.24) is 29.5 Å². The Kier molecular flexibility index (Phi) is 4.39. The summed E-state index contributed by atoms with van der Waals surface area (Å²) in [6, 6.07) is 8.12. The molecule has 1 atom stereocenters. The number of amides is 1. The number of benzene rings is 1. The Morgan fingerprint density at radius 2 is 2.11 bits per heavy atom. The van der Waals surface area contributed by atoms with Crippen LogP contribution < -0.4 is 0 Å². The number of carbonyl (C=O) groups is 1. The number of likely N-dealkylation sites (N-methyl/N-ethyl adjacent to an activating group) is 1. The van der Waals surface area contributed by atoms with Crippen LogP contribution in [0.25, 0.3) is 10.9 Å². The van der Waals surface area contributed by atoms with Crippen LogP contribution in [0.15, 0.2) is 30.5 Å². The fourth-order valence-corrected chi connectivity index (χ4v) is 4.62. The molecule has 1 saturated heterocycles. The van der Waals surface area contributed by atoms with Crippen molar-refractivity contribution in [2.75, 3.05) is 26.7 Å². The van der Waals surface area contributed by atoms with E-state index in [4.69, 9.17) is 0 Å². The van der Waals surface area contributed by atoms with E-state index < -0.39 is 0 Å². The quantitative estimate of drug-likeness (QED) is 0.758. The highest BCUT2D eigenvalue weighted by Gasteiger charge is 2.29. The van der Waals surface area contributed by atoms with Crippen molar-refractivity contribution in [2.45, 2.75) is 38.3 Å². The van der Waals surface area contributed by atoms with E-state index in [2.05, 4.69) is 37.8 Å². The van der Waals surface area contributed by atoms with Gasteiger partial charge in [0.15, 0.2) is 5.82 Å². The highest BCUT2D eigenvalue weighted by atomic mass is 16.2. The van der Waals surface area contributed by atoms with Gasteiger partial charge in [-0.3, -0.25) is 4.79 Å². The Labute approximate surface area is 164 Å². The molecule has 0 spiro atoms. The van der Waals surface area contributed by atoms with Gasteiger partial charge in [0.05, 0.1) is 13.0 Å². The van der Waals surface area contributed by atoms with Gasteiger partial charge in [0, 0.05) is 42.7 Å². The third-order valence-corrected chi connectivity index (χ3v) is 6.14. The van der Waals surface area contributed by atoms with E-state index in [1.54, 1.807) is 0 Å². The average molecular weight is 378 g/mol. The molecule has 5 rings (SSSR count). The van der Waals surface area contributed by atoms with E-state index in [1.807, 2.05) is 29.3 Å². The second-order valence-electron chi connectivity index (χ2n) is 8.08. The van der Waals surface area contributed by atoms with Gasteiger partial charge >= 0.3 is 0 Å². The SMILES string of the molecule is CN1CCC[C@H](c2nnc3n2CCN(C(=O)Cc2c[nH]c4ccccc24)C3)C1. The number of nitrogens with zero attached hydrogens (tertiary/aromatic N) is 5. The third kappa shape index (κ3) is 3.09. The fourth-order valence-electron chi connectivity index (χ4n) is 4.62. The number of H-pyrrole nitrogens is 1. The first-order valence-electron chi connectivity index (χ1n) is 10.1. The second-order valence-corrected chi connectivity index (χ2v) is 8.08. The number of likely N-dealkylation sites (tertiary alicyclic amines) is 1. The number of nitrogens with one attached hydrogen (secondary N) is 1. The summed E-state index contributed by atoms with van der Waals surface area (Å²) in [6.07, 6.45) is 4.75. The van der Waals surface area contributed by atoms with Gasteiger partial charge in [-0.2, -0.15) is 0 Å². The Morgan fingerprint density at radius 3 is 3.00 bits per heavy atom. The molecule has 28 heavy (non-hydrogen) atoms. The van der Waals surface area contributed by atoms with Crippen LogP contribution in [0.2, 0.25) is 0 Å². The van der Waals surface area contributed by atoms with E-state index >= 15 is 0 Å². The molecule has 1 fully saturated rings. The zero-order valence-corrected chi connectivity index (χ0v) is 16.3. The molecule has 146 valence electrons. The van der Waals surface area contributed by atoms with Crippen molar-refractivity contribution in [3.8, 4) is 0 Å². The van der Waals surface area contributed by atoms with Crippen LogP contribution in [0.3, 0.4) is 0 Å². The van der Waals surface area contributed by atoms with Gasteiger partial charge in [-0.15, -0.1) is 10.2 Å². The van der Waals surface area contributed by atoms with Crippen LogP contribution >= 0.6 is 0 Å². The summed E-state index contributed by atoms with van der Waals surface area (Å²) in [5.41, 5.74) is 2.13. The molecule has 0 bridgehead atoms. The summed E-state index contributed by atoms with van der Waals surface area (Å²) < 4.78 is 2.25. The molecule has 0 unspecified atom stereocenters. The lowest BCUT2D eigenvalue weighted by atomic mass is 9.97. The number of hydrogen-bond acceptors (Lipinski definition) is 4. The molecule has 1 amide bonds. The zero-order valence-electron chi connectivity index (χ0n) is 16.3. The molecule has 2 aromatic heterocycles. The van der Waals surface area contributed by atoms with Crippen LogP contribution in [0.1, 0.15) is 36.0 Å². The first-order valence-corrected chi connectivity index (χ1v) is 10.1. The predicted molar refractivity (Wildman–Crippen MR) is 107 cm³/mol. The molecule has 0 radical (unpaired) electrons. The predicted octanol–water partition coefficient (Wildman–Crippen LogP) is 2.15. The average Bonchev–Trinajstić information content (AvgIpc) is 3.32. The summed E-state index contributed by atoms with van der Waals surface area (Å²) in [5, 5.41) is 10.1. The first kappa shape index (κ1) is 17.4. The summed E-state index contributed by atoms with van der Waals surface area (Å²) in [6.45, 7) is 4.27. The number of aromatic amines is 1. The van der Waals surface area contributed by atoms with Crippen molar-refractivity contribution < 1.29 is 4.79 Å². The molecule has 3 aromatic rings. The molecule has 7 nitrogen and oxygen atoms in total. The number of aromatic nitrogens is 4. The Morgan fingerprint density at radius 1 is 1.21 bits per heavy atom. The van der Waals surface area contributed by atoms with Crippen LogP contribution in [0, 0.1) is 0 Å². The topological polar surface area (TPSA) is 70.1 Å². The summed E-state index contributed by atoms with van der Waals surface area (Å²) in [4.78, 5) is 20.5. The van der Waals surface area contributed by atoms with Gasteiger partial charge in [0.25, 0.3) is 0 Å². The maximum atomic E-state index is 12.9. The number of hydrogen-bond donors (Lipinski definition) is 1. The Bertz CT molecular complexity index is 1010. The smallest absolute Gasteiger partial charge is 0.227 e. The van der Waals surface area contributed by atoms with Crippen molar-refractivity contribution in [3.05, 3.63) is 47.7 Å². The van der Waals surface area contributed by atoms with Gasteiger partial charge in [-0.1, -0.05) is 18.2 Å². The van der Waals surface area contributed by atoms with Crippen LogP contribution in [0.4, 0.5) is 0 Å².